The Kier molecular flexibility index (Phi) is 3.03. The third-order valence-electron chi connectivity index (χ3n) is 2.20. The molecule has 0 fully saturated rings. The van der Waals surface area contributed by atoms with E-state index in [4.69, 9.17) is 23.2 Å². The van der Waals surface area contributed by atoms with E-state index in [0.29, 0.717) is 21.7 Å². The second-order valence-electron chi connectivity index (χ2n) is 3.22. The summed E-state index contributed by atoms with van der Waals surface area (Å²) in [5, 5.41) is 3.89. The van der Waals surface area contributed by atoms with Crippen LogP contribution in [-0.4, -0.2) is 21.6 Å². The van der Waals surface area contributed by atoms with Crippen LogP contribution in [0.2, 0.25) is 10.0 Å². The highest BCUT2D eigenvalue weighted by atomic mass is 35.5. The normalized spacial score (nSPS) is 10.5. The predicted molar refractivity (Wildman–Crippen MR) is 65.7 cm³/mol. The molecule has 0 aliphatic carbocycles. The van der Waals surface area contributed by atoms with Crippen LogP contribution < -0.4 is 5.32 Å². The fraction of sp³-hybridized carbons (Fsp3) is 0.200. The molecule has 4 nitrogen and oxygen atoms in total. The van der Waals surface area contributed by atoms with Crippen molar-refractivity contribution in [2.75, 3.05) is 12.4 Å². The van der Waals surface area contributed by atoms with Crippen LogP contribution in [0.25, 0.3) is 5.82 Å². The van der Waals surface area contributed by atoms with Crippen LogP contribution in [0.5, 0.6) is 0 Å². The van der Waals surface area contributed by atoms with Gasteiger partial charge in [0.25, 0.3) is 0 Å². The van der Waals surface area contributed by atoms with Crippen LogP contribution in [0.3, 0.4) is 0 Å². The average molecular weight is 257 g/mol. The third kappa shape index (κ3) is 1.86. The van der Waals surface area contributed by atoms with Crippen molar-refractivity contribution in [3.05, 3.63) is 34.3 Å². The molecular weight excluding hydrogens is 247 g/mol. The molecular formula is C10H10Cl2N4. The largest absolute Gasteiger partial charge is 0.372 e. The lowest BCUT2D eigenvalue weighted by Gasteiger charge is -2.10. The quantitative estimate of drug-likeness (QED) is 0.899. The van der Waals surface area contributed by atoms with Crippen molar-refractivity contribution in [3.8, 4) is 5.82 Å². The molecule has 0 saturated heterocycles. The molecule has 0 aromatic carbocycles. The first-order valence-corrected chi connectivity index (χ1v) is 5.43. The molecule has 0 aliphatic rings. The molecule has 0 aliphatic heterocycles. The van der Waals surface area contributed by atoms with Crippen molar-refractivity contribution in [1.82, 2.24) is 14.5 Å². The molecule has 2 heterocycles. The Bertz CT molecular complexity index is 522. The second-order valence-corrected chi connectivity index (χ2v) is 4.03. The molecule has 84 valence electrons. The Morgan fingerprint density at radius 1 is 1.31 bits per heavy atom. The van der Waals surface area contributed by atoms with Crippen LogP contribution in [0.4, 0.5) is 5.82 Å². The zero-order chi connectivity index (χ0) is 11.7. The van der Waals surface area contributed by atoms with E-state index in [-0.39, 0.29) is 0 Å². The zero-order valence-electron chi connectivity index (χ0n) is 8.83. The van der Waals surface area contributed by atoms with Gasteiger partial charge in [-0.3, -0.25) is 4.57 Å². The van der Waals surface area contributed by atoms with E-state index in [9.17, 15) is 0 Å². The van der Waals surface area contributed by atoms with Gasteiger partial charge in [-0.2, -0.15) is 0 Å². The van der Waals surface area contributed by atoms with Gasteiger partial charge in [-0.1, -0.05) is 23.2 Å². The van der Waals surface area contributed by atoms with E-state index in [1.54, 1.807) is 30.1 Å². The van der Waals surface area contributed by atoms with Crippen molar-refractivity contribution in [3.63, 3.8) is 0 Å². The summed E-state index contributed by atoms with van der Waals surface area (Å²) < 4.78 is 1.81. The lowest BCUT2D eigenvalue weighted by Crippen LogP contribution is -2.03. The number of aromatic nitrogens is 3. The van der Waals surface area contributed by atoms with Gasteiger partial charge in [0.2, 0.25) is 0 Å². The summed E-state index contributed by atoms with van der Waals surface area (Å²) in [6.45, 7) is 1.88. The van der Waals surface area contributed by atoms with Crippen LogP contribution in [-0.2, 0) is 0 Å². The summed E-state index contributed by atoms with van der Waals surface area (Å²) in [4.78, 5) is 8.46. The molecule has 2 aromatic rings. The molecule has 0 saturated carbocycles. The maximum absolute atomic E-state index is 6.10. The number of imidazole rings is 1. The minimum Gasteiger partial charge on any atom is -0.372 e. The van der Waals surface area contributed by atoms with Crippen LogP contribution in [0.1, 0.15) is 5.82 Å². The highest BCUT2D eigenvalue weighted by Crippen LogP contribution is 2.28. The Balaban J connectivity index is 2.61. The van der Waals surface area contributed by atoms with Gasteiger partial charge in [-0.05, 0) is 13.0 Å². The number of halogens is 2. The van der Waals surface area contributed by atoms with Gasteiger partial charge >= 0.3 is 0 Å². The number of rotatable bonds is 2. The monoisotopic (exact) mass is 256 g/mol. The Morgan fingerprint density at radius 2 is 2.06 bits per heavy atom. The van der Waals surface area contributed by atoms with Gasteiger partial charge in [0.1, 0.15) is 11.6 Å². The number of nitrogens with one attached hydrogen (secondary N) is 1. The van der Waals surface area contributed by atoms with Gasteiger partial charge in [-0.15, -0.1) is 0 Å². The van der Waals surface area contributed by atoms with E-state index < -0.39 is 0 Å². The van der Waals surface area contributed by atoms with Crippen molar-refractivity contribution in [1.29, 1.82) is 0 Å². The predicted octanol–water partition coefficient (Wildman–Crippen LogP) is 2.92. The molecule has 1 N–H and O–H groups in total. The summed E-state index contributed by atoms with van der Waals surface area (Å²) in [6, 6.07) is 1.66. The topological polar surface area (TPSA) is 42.7 Å². The molecule has 2 rings (SSSR count). The van der Waals surface area contributed by atoms with Crippen molar-refractivity contribution < 1.29 is 0 Å². The fourth-order valence-corrected chi connectivity index (χ4v) is 1.95. The fourth-order valence-electron chi connectivity index (χ4n) is 1.40. The minimum atomic E-state index is 0.491. The third-order valence-corrected chi connectivity index (χ3v) is 2.77. The summed E-state index contributed by atoms with van der Waals surface area (Å²) in [5.74, 6) is 2.03. The highest BCUT2D eigenvalue weighted by molar-refractivity contribution is 6.36. The average Bonchev–Trinajstić information content (AvgIpc) is 2.65. The summed E-state index contributed by atoms with van der Waals surface area (Å²) >= 11 is 12.1. The number of nitrogens with zero attached hydrogens (tertiary/aromatic N) is 3. The van der Waals surface area contributed by atoms with E-state index in [1.165, 1.54) is 0 Å². The Hall–Kier alpha value is -1.26. The zero-order valence-corrected chi connectivity index (χ0v) is 10.3. The van der Waals surface area contributed by atoms with Gasteiger partial charge in [0.15, 0.2) is 5.82 Å². The second kappa shape index (κ2) is 4.31. The number of anilines is 1. The van der Waals surface area contributed by atoms with Gasteiger partial charge in [0.05, 0.1) is 10.0 Å². The molecule has 0 radical (unpaired) electrons. The van der Waals surface area contributed by atoms with Crippen molar-refractivity contribution in [2.45, 2.75) is 6.92 Å². The maximum atomic E-state index is 6.10. The number of pyridine rings is 1. The van der Waals surface area contributed by atoms with E-state index >= 15 is 0 Å². The van der Waals surface area contributed by atoms with Gasteiger partial charge in [0, 0.05) is 19.4 Å². The molecule has 0 amide bonds. The number of hydrogen-bond acceptors (Lipinski definition) is 3. The standard InChI is InChI=1S/C10H10Cl2N4/c1-6-14-3-4-16(6)10-8(12)5-7(11)9(13-2)15-10/h3-5H,1-2H3,(H,13,15). The van der Waals surface area contributed by atoms with Crippen LogP contribution >= 0.6 is 23.2 Å². The summed E-state index contributed by atoms with van der Waals surface area (Å²) in [6.07, 6.45) is 3.50. The molecule has 16 heavy (non-hydrogen) atoms. The first-order valence-electron chi connectivity index (χ1n) is 4.67. The molecule has 6 heteroatoms. The molecule has 0 unspecified atom stereocenters. The Labute approximate surface area is 103 Å². The van der Waals surface area contributed by atoms with Gasteiger partial charge < -0.3 is 5.32 Å². The molecule has 0 atom stereocenters. The van der Waals surface area contributed by atoms with Crippen LogP contribution in [0.15, 0.2) is 18.5 Å². The number of aryl methyl sites for hydroxylation is 1. The first-order chi connectivity index (χ1) is 7.63. The van der Waals surface area contributed by atoms with E-state index in [1.807, 2.05) is 6.92 Å². The van der Waals surface area contributed by atoms with E-state index in [2.05, 4.69) is 15.3 Å². The molecule has 2 aromatic heterocycles. The van der Waals surface area contributed by atoms with Crippen LogP contribution in [0, 0.1) is 6.92 Å². The van der Waals surface area contributed by atoms with E-state index in [0.717, 1.165) is 5.82 Å². The first kappa shape index (κ1) is 11.2. The van der Waals surface area contributed by atoms with Crippen molar-refractivity contribution >= 4 is 29.0 Å². The lowest BCUT2D eigenvalue weighted by molar-refractivity contribution is 0.934. The summed E-state index contributed by atoms with van der Waals surface area (Å²) in [7, 11) is 1.76. The minimum absolute atomic E-state index is 0.491. The smallest absolute Gasteiger partial charge is 0.159 e. The Morgan fingerprint density at radius 3 is 2.62 bits per heavy atom. The maximum Gasteiger partial charge on any atom is 0.159 e. The lowest BCUT2D eigenvalue weighted by atomic mass is 10.4. The summed E-state index contributed by atoms with van der Waals surface area (Å²) in [5.41, 5.74) is 0. The molecule has 0 spiro atoms. The SMILES string of the molecule is CNc1nc(-n2ccnc2C)c(Cl)cc1Cl. The molecule has 0 bridgehead atoms. The number of hydrogen-bond donors (Lipinski definition) is 1. The van der Waals surface area contributed by atoms with Gasteiger partial charge in [-0.25, -0.2) is 9.97 Å². The highest BCUT2D eigenvalue weighted by Gasteiger charge is 2.11. The van der Waals surface area contributed by atoms with Crippen molar-refractivity contribution in [2.24, 2.45) is 0 Å².